The third-order valence-corrected chi connectivity index (χ3v) is 1.17. The standard InChI is InChI=1S/C9H14O5/c1-4-12-9(11)7(2)13-5-6-14-8(3)10/h2,4-6H2,1,3H3. The van der Waals surface area contributed by atoms with Gasteiger partial charge in [0, 0.05) is 6.92 Å². The second-order valence-corrected chi connectivity index (χ2v) is 2.33. The van der Waals surface area contributed by atoms with E-state index in [4.69, 9.17) is 4.74 Å². The van der Waals surface area contributed by atoms with Gasteiger partial charge in [0.05, 0.1) is 6.61 Å². The smallest absolute Gasteiger partial charge is 0.372 e. The van der Waals surface area contributed by atoms with E-state index in [0.717, 1.165) is 0 Å². The molecule has 0 aliphatic heterocycles. The second kappa shape index (κ2) is 6.94. The van der Waals surface area contributed by atoms with E-state index in [1.54, 1.807) is 6.92 Å². The summed E-state index contributed by atoms with van der Waals surface area (Å²) in [5, 5.41) is 0. The highest BCUT2D eigenvalue weighted by atomic mass is 16.6. The highest BCUT2D eigenvalue weighted by molar-refractivity contribution is 5.85. The van der Waals surface area contributed by atoms with Crippen molar-refractivity contribution >= 4 is 11.9 Å². The molecule has 14 heavy (non-hydrogen) atoms. The first-order valence-electron chi connectivity index (χ1n) is 4.20. The van der Waals surface area contributed by atoms with E-state index in [2.05, 4.69) is 16.1 Å². The zero-order chi connectivity index (χ0) is 11.0. The summed E-state index contributed by atoms with van der Waals surface area (Å²) in [5.74, 6) is -1.08. The Morgan fingerprint density at radius 3 is 2.21 bits per heavy atom. The largest absolute Gasteiger partial charge is 0.483 e. The van der Waals surface area contributed by atoms with Crippen LogP contribution in [0.15, 0.2) is 12.3 Å². The van der Waals surface area contributed by atoms with Crippen LogP contribution in [-0.2, 0) is 23.8 Å². The average molecular weight is 202 g/mol. The van der Waals surface area contributed by atoms with Gasteiger partial charge in [0.15, 0.2) is 5.76 Å². The Bertz CT molecular complexity index is 221. The minimum atomic E-state index is -0.602. The summed E-state index contributed by atoms with van der Waals surface area (Å²) in [6.45, 7) is 6.78. The molecule has 0 unspecified atom stereocenters. The van der Waals surface area contributed by atoms with E-state index in [9.17, 15) is 9.59 Å². The fourth-order valence-corrected chi connectivity index (χ4v) is 0.621. The summed E-state index contributed by atoms with van der Waals surface area (Å²) in [6, 6.07) is 0. The van der Waals surface area contributed by atoms with Gasteiger partial charge in [-0.3, -0.25) is 4.79 Å². The van der Waals surface area contributed by atoms with Crippen LogP contribution in [0.25, 0.3) is 0 Å². The summed E-state index contributed by atoms with van der Waals surface area (Å²) in [6.07, 6.45) is 0. The third kappa shape index (κ3) is 6.05. The van der Waals surface area contributed by atoms with Crippen LogP contribution >= 0.6 is 0 Å². The first-order chi connectivity index (χ1) is 6.57. The van der Waals surface area contributed by atoms with E-state index in [1.165, 1.54) is 6.92 Å². The number of ether oxygens (including phenoxy) is 3. The van der Waals surface area contributed by atoms with Gasteiger partial charge in [-0.05, 0) is 13.5 Å². The molecule has 0 N–H and O–H groups in total. The maximum Gasteiger partial charge on any atom is 0.372 e. The maximum atomic E-state index is 10.9. The van der Waals surface area contributed by atoms with Crippen molar-refractivity contribution in [3.8, 4) is 0 Å². The number of hydrogen-bond acceptors (Lipinski definition) is 5. The molecular weight excluding hydrogens is 188 g/mol. The van der Waals surface area contributed by atoms with Crippen LogP contribution in [0.1, 0.15) is 13.8 Å². The molecule has 5 nitrogen and oxygen atoms in total. The normalized spacial score (nSPS) is 9.00. The molecule has 0 heterocycles. The fraction of sp³-hybridized carbons (Fsp3) is 0.556. The Balaban J connectivity index is 3.53. The van der Waals surface area contributed by atoms with E-state index >= 15 is 0 Å². The van der Waals surface area contributed by atoms with Gasteiger partial charge in [-0.15, -0.1) is 0 Å². The van der Waals surface area contributed by atoms with Gasteiger partial charge in [0.1, 0.15) is 13.2 Å². The molecule has 0 aromatic heterocycles. The van der Waals surface area contributed by atoms with Crippen molar-refractivity contribution in [1.82, 2.24) is 0 Å². The summed E-state index contributed by atoms with van der Waals surface area (Å²) in [4.78, 5) is 21.2. The topological polar surface area (TPSA) is 61.8 Å². The Kier molecular flexibility index (Phi) is 6.19. The molecule has 0 bridgehead atoms. The van der Waals surface area contributed by atoms with Gasteiger partial charge in [-0.25, -0.2) is 4.79 Å². The quantitative estimate of drug-likeness (QED) is 0.274. The second-order valence-electron chi connectivity index (χ2n) is 2.33. The first kappa shape index (κ1) is 12.5. The third-order valence-electron chi connectivity index (χ3n) is 1.17. The average Bonchev–Trinajstić information content (AvgIpc) is 2.12. The monoisotopic (exact) mass is 202 g/mol. The molecule has 0 saturated carbocycles. The van der Waals surface area contributed by atoms with Crippen LogP contribution in [0.3, 0.4) is 0 Å². The number of hydrogen-bond donors (Lipinski definition) is 0. The summed E-state index contributed by atoms with van der Waals surface area (Å²) in [7, 11) is 0. The zero-order valence-electron chi connectivity index (χ0n) is 8.37. The summed E-state index contributed by atoms with van der Waals surface area (Å²) >= 11 is 0. The SMILES string of the molecule is C=C(OCCOC(C)=O)C(=O)OCC. The van der Waals surface area contributed by atoms with Crippen LogP contribution in [0.4, 0.5) is 0 Å². The van der Waals surface area contributed by atoms with Gasteiger partial charge >= 0.3 is 11.9 Å². The molecule has 0 aromatic carbocycles. The predicted molar refractivity (Wildman–Crippen MR) is 48.4 cm³/mol. The Hall–Kier alpha value is -1.52. The number of carbonyl (C=O) groups is 2. The summed E-state index contributed by atoms with van der Waals surface area (Å²) < 4.78 is 14.0. The van der Waals surface area contributed by atoms with E-state index in [0.29, 0.717) is 0 Å². The van der Waals surface area contributed by atoms with Crippen molar-refractivity contribution in [1.29, 1.82) is 0 Å². The summed E-state index contributed by atoms with van der Waals surface area (Å²) in [5.41, 5.74) is 0. The van der Waals surface area contributed by atoms with Gasteiger partial charge in [-0.1, -0.05) is 0 Å². The highest BCUT2D eigenvalue weighted by Crippen LogP contribution is 1.96. The highest BCUT2D eigenvalue weighted by Gasteiger charge is 2.08. The number of esters is 2. The van der Waals surface area contributed by atoms with Crippen molar-refractivity contribution in [2.75, 3.05) is 19.8 Å². The number of carbonyl (C=O) groups excluding carboxylic acids is 2. The Morgan fingerprint density at radius 1 is 1.14 bits per heavy atom. The predicted octanol–water partition coefficient (Wildman–Crippen LogP) is 0.643. The minimum Gasteiger partial charge on any atom is -0.483 e. The molecular formula is C9H14O5. The molecule has 5 heteroatoms. The molecule has 0 radical (unpaired) electrons. The molecule has 0 spiro atoms. The number of rotatable bonds is 6. The lowest BCUT2D eigenvalue weighted by atomic mass is 10.5. The van der Waals surface area contributed by atoms with Crippen LogP contribution in [0.2, 0.25) is 0 Å². The van der Waals surface area contributed by atoms with Gasteiger partial charge < -0.3 is 14.2 Å². The lowest BCUT2D eigenvalue weighted by molar-refractivity contribution is -0.144. The van der Waals surface area contributed by atoms with Crippen molar-refractivity contribution < 1.29 is 23.8 Å². The van der Waals surface area contributed by atoms with Gasteiger partial charge in [0.25, 0.3) is 0 Å². The Morgan fingerprint density at radius 2 is 1.71 bits per heavy atom. The van der Waals surface area contributed by atoms with E-state index in [1.807, 2.05) is 0 Å². The van der Waals surface area contributed by atoms with Crippen LogP contribution in [-0.4, -0.2) is 31.8 Å². The first-order valence-corrected chi connectivity index (χ1v) is 4.20. The van der Waals surface area contributed by atoms with Crippen molar-refractivity contribution in [2.24, 2.45) is 0 Å². The van der Waals surface area contributed by atoms with Crippen molar-refractivity contribution in [2.45, 2.75) is 13.8 Å². The molecule has 0 amide bonds. The fourth-order valence-electron chi connectivity index (χ4n) is 0.621. The molecule has 0 fully saturated rings. The van der Waals surface area contributed by atoms with Crippen molar-refractivity contribution in [3.05, 3.63) is 12.3 Å². The lowest BCUT2D eigenvalue weighted by Crippen LogP contribution is -2.13. The van der Waals surface area contributed by atoms with Crippen LogP contribution in [0.5, 0.6) is 0 Å². The molecule has 0 aromatic rings. The minimum absolute atomic E-state index is 0.0843. The Labute approximate surface area is 82.6 Å². The molecule has 0 saturated heterocycles. The van der Waals surface area contributed by atoms with Crippen LogP contribution in [0, 0.1) is 0 Å². The van der Waals surface area contributed by atoms with E-state index < -0.39 is 11.9 Å². The zero-order valence-corrected chi connectivity index (χ0v) is 8.37. The molecule has 0 atom stereocenters. The lowest BCUT2D eigenvalue weighted by Gasteiger charge is -2.07. The van der Waals surface area contributed by atoms with Gasteiger partial charge in [0.2, 0.25) is 0 Å². The van der Waals surface area contributed by atoms with Gasteiger partial charge in [-0.2, -0.15) is 0 Å². The van der Waals surface area contributed by atoms with E-state index in [-0.39, 0.29) is 25.6 Å². The maximum absolute atomic E-state index is 10.9. The van der Waals surface area contributed by atoms with Crippen LogP contribution < -0.4 is 0 Å². The molecule has 0 aliphatic rings. The molecule has 80 valence electrons. The molecule has 0 aliphatic carbocycles. The molecule has 0 rings (SSSR count). The van der Waals surface area contributed by atoms with Crippen molar-refractivity contribution in [3.63, 3.8) is 0 Å².